The lowest BCUT2D eigenvalue weighted by atomic mass is 9.79. The first-order valence-electron chi connectivity index (χ1n) is 8.22. The van der Waals surface area contributed by atoms with Crippen LogP contribution in [0.1, 0.15) is 32.6 Å². The molecule has 2 aliphatic rings. The first-order chi connectivity index (χ1) is 11.1. The maximum Gasteiger partial charge on any atom is 0.490 e. The minimum atomic E-state index is -5.08. The van der Waals surface area contributed by atoms with Gasteiger partial charge in [0, 0.05) is 13.1 Å². The van der Waals surface area contributed by atoms with Gasteiger partial charge in [-0.15, -0.1) is 0 Å². The Hall–Kier alpha value is -1.51. The molecule has 0 aromatic heterocycles. The van der Waals surface area contributed by atoms with Crippen LogP contribution in [0.3, 0.4) is 0 Å². The molecule has 2 heterocycles. The maximum atomic E-state index is 11.1. The molecule has 2 saturated heterocycles. The van der Waals surface area contributed by atoms with E-state index in [2.05, 4.69) is 11.8 Å². The fourth-order valence-corrected chi connectivity index (χ4v) is 3.33. The summed E-state index contributed by atoms with van der Waals surface area (Å²) in [5.74, 6) is -1.05. The molecule has 9 heteroatoms. The number of nitrogens with two attached hydrogens (primary N) is 1. The fourth-order valence-electron chi connectivity index (χ4n) is 3.33. The van der Waals surface area contributed by atoms with Gasteiger partial charge in [0.1, 0.15) is 0 Å². The first kappa shape index (κ1) is 20.5. The van der Waals surface area contributed by atoms with Crippen LogP contribution in [0.4, 0.5) is 18.0 Å². The number of carboxylic acids is 1. The summed E-state index contributed by atoms with van der Waals surface area (Å²) in [6.07, 6.45) is -0.0936. The molecular weight excluding hydrogens is 327 g/mol. The number of alkyl halides is 3. The monoisotopic (exact) mass is 353 g/mol. The highest BCUT2D eigenvalue weighted by Gasteiger charge is 2.38. The highest BCUT2D eigenvalue weighted by atomic mass is 19.4. The van der Waals surface area contributed by atoms with Crippen LogP contribution in [0.2, 0.25) is 0 Å². The van der Waals surface area contributed by atoms with Crippen molar-refractivity contribution in [2.24, 2.45) is 17.6 Å². The van der Waals surface area contributed by atoms with E-state index in [9.17, 15) is 18.0 Å². The highest BCUT2D eigenvalue weighted by Crippen LogP contribution is 2.32. The third-order valence-electron chi connectivity index (χ3n) is 4.84. The normalized spacial score (nSPS) is 21.1. The Balaban J connectivity index is 0.000000351. The zero-order chi connectivity index (χ0) is 18.3. The maximum absolute atomic E-state index is 11.1. The molecule has 0 bridgehead atoms. The van der Waals surface area contributed by atoms with Crippen molar-refractivity contribution in [1.82, 2.24) is 9.80 Å². The van der Waals surface area contributed by atoms with Gasteiger partial charge in [0.2, 0.25) is 0 Å². The quantitative estimate of drug-likeness (QED) is 0.796. The number of carboxylic acid groups (broad SMARTS) is 1. The summed E-state index contributed by atoms with van der Waals surface area (Å²) in [6, 6.07) is -0.246. The highest BCUT2D eigenvalue weighted by molar-refractivity contribution is 5.73. The molecule has 2 fully saturated rings. The molecule has 0 aromatic carbocycles. The molecule has 2 rings (SSSR count). The second kappa shape index (κ2) is 9.10. The van der Waals surface area contributed by atoms with Crippen molar-refractivity contribution in [2.45, 2.75) is 38.8 Å². The molecule has 0 aliphatic carbocycles. The van der Waals surface area contributed by atoms with Gasteiger partial charge in [0.05, 0.1) is 0 Å². The van der Waals surface area contributed by atoms with Gasteiger partial charge in [-0.2, -0.15) is 13.2 Å². The van der Waals surface area contributed by atoms with Crippen molar-refractivity contribution in [3.05, 3.63) is 0 Å². The smallest absolute Gasteiger partial charge is 0.475 e. The molecular formula is C15H26F3N3O3. The second-order valence-corrected chi connectivity index (χ2v) is 6.24. The summed E-state index contributed by atoms with van der Waals surface area (Å²) < 4.78 is 31.7. The molecule has 2 aliphatic heterocycles. The topological polar surface area (TPSA) is 86.9 Å². The molecule has 6 nitrogen and oxygen atoms in total. The number of aliphatic carboxylic acids is 1. The van der Waals surface area contributed by atoms with Crippen molar-refractivity contribution in [3.8, 4) is 0 Å². The number of likely N-dealkylation sites (tertiary alicyclic amines) is 2. The molecule has 0 saturated carbocycles. The average molecular weight is 353 g/mol. The van der Waals surface area contributed by atoms with E-state index >= 15 is 0 Å². The van der Waals surface area contributed by atoms with Gasteiger partial charge in [0.15, 0.2) is 0 Å². The van der Waals surface area contributed by atoms with Crippen LogP contribution in [0.15, 0.2) is 0 Å². The lowest BCUT2D eigenvalue weighted by molar-refractivity contribution is -0.192. The van der Waals surface area contributed by atoms with E-state index in [0.29, 0.717) is 0 Å². The summed E-state index contributed by atoms with van der Waals surface area (Å²) in [7, 11) is 0. The Bertz CT molecular complexity index is 416. The Morgan fingerprint density at radius 3 is 1.71 bits per heavy atom. The minimum absolute atomic E-state index is 0.246. The van der Waals surface area contributed by atoms with E-state index in [4.69, 9.17) is 15.6 Å². The Labute approximate surface area is 139 Å². The summed E-state index contributed by atoms with van der Waals surface area (Å²) in [5, 5.41) is 7.12. The van der Waals surface area contributed by atoms with Crippen molar-refractivity contribution in [1.29, 1.82) is 0 Å². The van der Waals surface area contributed by atoms with Crippen LogP contribution in [0.25, 0.3) is 0 Å². The molecule has 140 valence electrons. The second-order valence-electron chi connectivity index (χ2n) is 6.24. The summed E-state index contributed by atoms with van der Waals surface area (Å²) in [6.45, 7) is 7.69. The zero-order valence-corrected chi connectivity index (χ0v) is 13.9. The number of carbonyl (C=O) groups excluding carboxylic acids is 1. The van der Waals surface area contributed by atoms with Crippen molar-refractivity contribution in [3.63, 3.8) is 0 Å². The number of urea groups is 1. The van der Waals surface area contributed by atoms with Gasteiger partial charge < -0.3 is 20.6 Å². The van der Waals surface area contributed by atoms with Crippen molar-refractivity contribution in [2.75, 3.05) is 32.7 Å². The van der Waals surface area contributed by atoms with Gasteiger partial charge >= 0.3 is 18.2 Å². The van der Waals surface area contributed by atoms with E-state index in [1.807, 2.05) is 0 Å². The summed E-state index contributed by atoms with van der Waals surface area (Å²) in [4.78, 5) is 24.3. The molecule has 0 unspecified atom stereocenters. The predicted octanol–water partition coefficient (Wildman–Crippen LogP) is 2.14. The summed E-state index contributed by atoms with van der Waals surface area (Å²) in [5.41, 5.74) is 5.31. The van der Waals surface area contributed by atoms with Crippen LogP contribution in [0.5, 0.6) is 0 Å². The van der Waals surface area contributed by atoms with Gasteiger partial charge in [-0.1, -0.05) is 6.92 Å². The average Bonchev–Trinajstić information content (AvgIpc) is 2.55. The van der Waals surface area contributed by atoms with Gasteiger partial charge in [-0.05, 0) is 57.2 Å². The number of halogens is 3. The number of rotatable bonds is 2. The molecule has 3 N–H and O–H groups in total. The summed E-state index contributed by atoms with van der Waals surface area (Å²) >= 11 is 0. The molecule has 0 atom stereocenters. The number of piperidine rings is 2. The number of amides is 2. The van der Waals surface area contributed by atoms with E-state index in [1.54, 1.807) is 4.90 Å². The first-order valence-corrected chi connectivity index (χ1v) is 8.22. The predicted molar refractivity (Wildman–Crippen MR) is 82.4 cm³/mol. The number of nitrogens with zero attached hydrogens (tertiary/aromatic N) is 2. The van der Waals surface area contributed by atoms with Gasteiger partial charge in [0.25, 0.3) is 0 Å². The third kappa shape index (κ3) is 6.54. The van der Waals surface area contributed by atoms with Crippen molar-refractivity contribution >= 4 is 12.0 Å². The van der Waals surface area contributed by atoms with E-state index in [-0.39, 0.29) is 6.03 Å². The fraction of sp³-hybridized carbons (Fsp3) is 0.867. The van der Waals surface area contributed by atoms with Crippen LogP contribution in [0, 0.1) is 11.8 Å². The molecule has 0 radical (unpaired) electrons. The van der Waals surface area contributed by atoms with Gasteiger partial charge in [-0.3, -0.25) is 0 Å². The molecule has 24 heavy (non-hydrogen) atoms. The number of primary amides is 1. The van der Waals surface area contributed by atoms with E-state index in [0.717, 1.165) is 37.8 Å². The molecule has 0 aromatic rings. The SMILES string of the molecule is CCN1CCC(C2CCN(C(N)=O)CC2)CC1.O=C(O)C(F)(F)F. The number of carbonyl (C=O) groups is 2. The van der Waals surface area contributed by atoms with Crippen LogP contribution in [-0.2, 0) is 4.79 Å². The van der Waals surface area contributed by atoms with Crippen molar-refractivity contribution < 1.29 is 27.9 Å². The third-order valence-corrected chi connectivity index (χ3v) is 4.84. The minimum Gasteiger partial charge on any atom is -0.475 e. The molecule has 2 amide bonds. The Kier molecular flexibility index (Phi) is 7.78. The zero-order valence-electron chi connectivity index (χ0n) is 13.9. The molecule has 0 spiro atoms. The van der Waals surface area contributed by atoms with Crippen LogP contribution in [-0.4, -0.2) is 65.8 Å². The largest absolute Gasteiger partial charge is 0.490 e. The van der Waals surface area contributed by atoms with E-state index < -0.39 is 12.1 Å². The lowest BCUT2D eigenvalue weighted by Crippen LogP contribution is -2.44. The number of hydrogen-bond donors (Lipinski definition) is 2. The van der Waals surface area contributed by atoms with Crippen LogP contribution < -0.4 is 5.73 Å². The Morgan fingerprint density at radius 2 is 1.42 bits per heavy atom. The van der Waals surface area contributed by atoms with Crippen LogP contribution >= 0.6 is 0 Å². The van der Waals surface area contributed by atoms with E-state index in [1.165, 1.54) is 32.5 Å². The number of hydrogen-bond acceptors (Lipinski definition) is 3. The Morgan fingerprint density at radius 1 is 1.04 bits per heavy atom. The standard InChI is InChI=1S/C13H25N3O.C2HF3O2/c1-2-15-7-3-11(4-8-15)12-5-9-16(10-6-12)13(14)17;3-2(4,5)1(6)7/h11-12H,2-10H2,1H3,(H2,14,17);(H,6,7). The lowest BCUT2D eigenvalue weighted by Gasteiger charge is -2.39. The van der Waals surface area contributed by atoms with Gasteiger partial charge in [-0.25, -0.2) is 9.59 Å².